The molecule has 20 heavy (non-hydrogen) atoms. The SMILES string of the molecule is CCCNC(C)c1cccc(NC(=O)C2CCCO2)c1. The largest absolute Gasteiger partial charge is 0.368 e. The lowest BCUT2D eigenvalue weighted by Crippen LogP contribution is -2.27. The van der Waals surface area contributed by atoms with Gasteiger partial charge in [-0.25, -0.2) is 0 Å². The molecule has 110 valence electrons. The smallest absolute Gasteiger partial charge is 0.253 e. The first-order valence-corrected chi connectivity index (χ1v) is 7.46. The molecule has 1 saturated heterocycles. The summed E-state index contributed by atoms with van der Waals surface area (Å²) in [6.07, 6.45) is 2.62. The van der Waals surface area contributed by atoms with E-state index in [0.717, 1.165) is 31.5 Å². The van der Waals surface area contributed by atoms with E-state index in [1.165, 1.54) is 5.56 Å². The second kappa shape index (κ2) is 7.41. The third-order valence-corrected chi connectivity index (χ3v) is 3.58. The molecule has 1 fully saturated rings. The van der Waals surface area contributed by atoms with E-state index >= 15 is 0 Å². The molecule has 2 atom stereocenters. The van der Waals surface area contributed by atoms with Crippen molar-refractivity contribution in [3.05, 3.63) is 29.8 Å². The van der Waals surface area contributed by atoms with E-state index in [2.05, 4.69) is 30.5 Å². The highest BCUT2D eigenvalue weighted by molar-refractivity contribution is 5.94. The van der Waals surface area contributed by atoms with E-state index in [-0.39, 0.29) is 18.1 Å². The second-order valence-electron chi connectivity index (χ2n) is 5.29. The average molecular weight is 276 g/mol. The molecule has 0 radical (unpaired) electrons. The normalized spacial score (nSPS) is 19.8. The number of hydrogen-bond donors (Lipinski definition) is 2. The fourth-order valence-corrected chi connectivity index (χ4v) is 2.37. The summed E-state index contributed by atoms with van der Waals surface area (Å²) in [4.78, 5) is 12.0. The Kier molecular flexibility index (Phi) is 5.56. The van der Waals surface area contributed by atoms with Crippen molar-refractivity contribution in [2.75, 3.05) is 18.5 Å². The third-order valence-electron chi connectivity index (χ3n) is 3.58. The Balaban J connectivity index is 1.96. The quantitative estimate of drug-likeness (QED) is 0.840. The molecule has 4 nitrogen and oxygen atoms in total. The Morgan fingerprint density at radius 2 is 2.35 bits per heavy atom. The van der Waals surface area contributed by atoms with E-state index in [1.807, 2.05) is 18.2 Å². The summed E-state index contributed by atoms with van der Waals surface area (Å²) >= 11 is 0. The van der Waals surface area contributed by atoms with Gasteiger partial charge in [0.05, 0.1) is 0 Å². The van der Waals surface area contributed by atoms with Gasteiger partial charge in [0.2, 0.25) is 0 Å². The van der Waals surface area contributed by atoms with E-state index in [0.29, 0.717) is 6.61 Å². The molecule has 2 unspecified atom stereocenters. The second-order valence-corrected chi connectivity index (χ2v) is 5.29. The van der Waals surface area contributed by atoms with E-state index in [1.54, 1.807) is 0 Å². The third kappa shape index (κ3) is 4.05. The Morgan fingerprint density at radius 3 is 3.05 bits per heavy atom. The molecule has 0 spiro atoms. The molecule has 1 amide bonds. The summed E-state index contributed by atoms with van der Waals surface area (Å²) < 4.78 is 5.39. The van der Waals surface area contributed by atoms with Gasteiger partial charge < -0.3 is 15.4 Å². The molecule has 4 heteroatoms. The number of hydrogen-bond acceptors (Lipinski definition) is 3. The van der Waals surface area contributed by atoms with Crippen molar-refractivity contribution < 1.29 is 9.53 Å². The van der Waals surface area contributed by atoms with Crippen molar-refractivity contribution in [3.8, 4) is 0 Å². The Bertz CT molecular complexity index is 442. The van der Waals surface area contributed by atoms with E-state index in [4.69, 9.17) is 4.74 Å². The van der Waals surface area contributed by atoms with Crippen LogP contribution in [0, 0.1) is 0 Å². The molecule has 1 heterocycles. The zero-order chi connectivity index (χ0) is 14.4. The van der Waals surface area contributed by atoms with Gasteiger partial charge >= 0.3 is 0 Å². The van der Waals surface area contributed by atoms with Crippen LogP contribution >= 0.6 is 0 Å². The van der Waals surface area contributed by atoms with Crippen LogP contribution < -0.4 is 10.6 Å². The Morgan fingerprint density at radius 1 is 1.50 bits per heavy atom. The number of carbonyl (C=O) groups excluding carboxylic acids is 1. The summed E-state index contributed by atoms with van der Waals surface area (Å²) in [6, 6.07) is 8.29. The maximum atomic E-state index is 12.0. The first kappa shape index (κ1) is 15.0. The van der Waals surface area contributed by atoms with Crippen molar-refractivity contribution >= 4 is 11.6 Å². The van der Waals surface area contributed by atoms with Gasteiger partial charge in [0.25, 0.3) is 5.91 Å². The molecule has 1 aromatic rings. The number of benzene rings is 1. The van der Waals surface area contributed by atoms with Gasteiger partial charge in [-0.3, -0.25) is 4.79 Å². The van der Waals surface area contributed by atoms with Crippen molar-refractivity contribution in [3.63, 3.8) is 0 Å². The monoisotopic (exact) mass is 276 g/mol. The number of nitrogens with one attached hydrogen (secondary N) is 2. The van der Waals surface area contributed by atoms with Crippen LogP contribution in [0.25, 0.3) is 0 Å². The summed E-state index contributed by atoms with van der Waals surface area (Å²) in [5.41, 5.74) is 2.02. The zero-order valence-electron chi connectivity index (χ0n) is 12.3. The maximum absolute atomic E-state index is 12.0. The van der Waals surface area contributed by atoms with Crippen molar-refractivity contribution in [2.24, 2.45) is 0 Å². The molecule has 0 aromatic heterocycles. The van der Waals surface area contributed by atoms with Crippen molar-refractivity contribution in [1.82, 2.24) is 5.32 Å². The van der Waals surface area contributed by atoms with E-state index < -0.39 is 0 Å². The highest BCUT2D eigenvalue weighted by Crippen LogP contribution is 2.19. The summed E-state index contributed by atoms with van der Waals surface area (Å²) in [6.45, 7) is 5.97. The predicted octanol–water partition coefficient (Wildman–Crippen LogP) is 2.86. The van der Waals surface area contributed by atoms with Crippen LogP contribution in [-0.2, 0) is 9.53 Å². The average Bonchev–Trinajstić information content (AvgIpc) is 2.99. The fourth-order valence-electron chi connectivity index (χ4n) is 2.37. The predicted molar refractivity (Wildman–Crippen MR) is 80.8 cm³/mol. The summed E-state index contributed by atoms with van der Waals surface area (Å²) in [7, 11) is 0. The summed E-state index contributed by atoms with van der Waals surface area (Å²) in [5.74, 6) is -0.0335. The zero-order valence-corrected chi connectivity index (χ0v) is 12.3. The molecular formula is C16H24N2O2. The summed E-state index contributed by atoms with van der Waals surface area (Å²) in [5, 5.41) is 6.39. The van der Waals surface area contributed by atoms with Gasteiger partial charge in [-0.1, -0.05) is 19.1 Å². The van der Waals surface area contributed by atoms with Crippen LogP contribution in [0.1, 0.15) is 44.7 Å². The van der Waals surface area contributed by atoms with Gasteiger partial charge in [0.1, 0.15) is 6.10 Å². The van der Waals surface area contributed by atoms with Crippen LogP contribution in [-0.4, -0.2) is 25.2 Å². The Labute approximate surface area is 120 Å². The maximum Gasteiger partial charge on any atom is 0.253 e. The molecule has 1 aliphatic rings. The minimum atomic E-state index is -0.283. The first-order valence-electron chi connectivity index (χ1n) is 7.46. The lowest BCUT2D eigenvalue weighted by Gasteiger charge is -2.16. The number of anilines is 1. The van der Waals surface area contributed by atoms with Gasteiger partial charge in [-0.2, -0.15) is 0 Å². The van der Waals surface area contributed by atoms with Crippen molar-refractivity contribution in [1.29, 1.82) is 0 Å². The van der Waals surface area contributed by atoms with Crippen LogP contribution in [0.3, 0.4) is 0 Å². The molecule has 2 rings (SSSR count). The molecule has 1 aliphatic heterocycles. The number of rotatable bonds is 6. The molecule has 0 bridgehead atoms. The number of carbonyl (C=O) groups is 1. The molecule has 2 N–H and O–H groups in total. The highest BCUT2D eigenvalue weighted by Gasteiger charge is 2.23. The lowest BCUT2D eigenvalue weighted by molar-refractivity contribution is -0.124. The minimum Gasteiger partial charge on any atom is -0.368 e. The molecule has 0 aliphatic carbocycles. The van der Waals surface area contributed by atoms with Gasteiger partial charge in [-0.15, -0.1) is 0 Å². The van der Waals surface area contributed by atoms with Gasteiger partial charge in [-0.05, 0) is 50.4 Å². The van der Waals surface area contributed by atoms with Crippen LogP contribution in [0.2, 0.25) is 0 Å². The molecule has 1 aromatic carbocycles. The van der Waals surface area contributed by atoms with Crippen LogP contribution in [0.5, 0.6) is 0 Å². The molecule has 0 saturated carbocycles. The van der Waals surface area contributed by atoms with E-state index in [9.17, 15) is 4.79 Å². The number of amides is 1. The fraction of sp³-hybridized carbons (Fsp3) is 0.562. The standard InChI is InChI=1S/C16H24N2O2/c1-3-9-17-12(2)13-6-4-7-14(11-13)18-16(19)15-8-5-10-20-15/h4,6-7,11-12,15,17H,3,5,8-10H2,1-2H3,(H,18,19). The number of ether oxygens (including phenoxy) is 1. The van der Waals surface area contributed by atoms with Crippen molar-refractivity contribution in [2.45, 2.75) is 45.3 Å². The van der Waals surface area contributed by atoms with Gasteiger partial charge in [0, 0.05) is 18.3 Å². The minimum absolute atomic E-state index is 0.0335. The van der Waals surface area contributed by atoms with Gasteiger partial charge in [0.15, 0.2) is 0 Å². The first-order chi connectivity index (χ1) is 9.70. The topological polar surface area (TPSA) is 50.4 Å². The highest BCUT2D eigenvalue weighted by atomic mass is 16.5. The van der Waals surface area contributed by atoms with Crippen LogP contribution in [0.4, 0.5) is 5.69 Å². The molecular weight excluding hydrogens is 252 g/mol. The Hall–Kier alpha value is -1.39. The lowest BCUT2D eigenvalue weighted by atomic mass is 10.1. The van der Waals surface area contributed by atoms with Crippen LogP contribution in [0.15, 0.2) is 24.3 Å².